The van der Waals surface area contributed by atoms with E-state index in [0.29, 0.717) is 35.1 Å². The summed E-state index contributed by atoms with van der Waals surface area (Å²) in [5.41, 5.74) is 2.24. The summed E-state index contributed by atoms with van der Waals surface area (Å²) < 4.78 is 21.8. The normalized spacial score (nSPS) is 15.1. The van der Waals surface area contributed by atoms with E-state index >= 15 is 0 Å². The Hall–Kier alpha value is -3.75. The Morgan fingerprint density at radius 1 is 0.970 bits per heavy atom. The average molecular weight is 456 g/mol. The summed E-state index contributed by atoms with van der Waals surface area (Å²) in [5, 5.41) is 15.0. The van der Waals surface area contributed by atoms with Crippen molar-refractivity contribution in [3.63, 3.8) is 0 Å². The van der Waals surface area contributed by atoms with Crippen molar-refractivity contribution in [2.24, 2.45) is 5.10 Å². The van der Waals surface area contributed by atoms with Gasteiger partial charge in [-0.2, -0.15) is 5.10 Å². The lowest BCUT2D eigenvalue weighted by molar-refractivity contribution is -0.137. The van der Waals surface area contributed by atoms with Crippen molar-refractivity contribution in [1.29, 1.82) is 0 Å². The zero-order valence-corrected chi connectivity index (χ0v) is 19.2. The van der Waals surface area contributed by atoms with Gasteiger partial charge in [-0.15, -0.1) is 0 Å². The highest BCUT2D eigenvalue weighted by atomic mass is 16.5. The maximum Gasteiger partial charge on any atom is 0.303 e. The van der Waals surface area contributed by atoms with Gasteiger partial charge in [0.1, 0.15) is 0 Å². The first-order valence-electron chi connectivity index (χ1n) is 10.5. The predicted octanol–water partition coefficient (Wildman–Crippen LogP) is 3.65. The molecule has 0 saturated heterocycles. The number of carboxylic acids is 1. The van der Waals surface area contributed by atoms with Gasteiger partial charge >= 0.3 is 5.97 Å². The third-order valence-corrected chi connectivity index (χ3v) is 5.46. The van der Waals surface area contributed by atoms with Gasteiger partial charge in [0.25, 0.3) is 0 Å². The molecule has 9 heteroatoms. The SMILES string of the molecule is COc1ccc(C2=NN(C(=O)CCCC(=O)O)[C@@H](c3cccc(OC)c3OC)C2)cc1OC. The van der Waals surface area contributed by atoms with Crippen molar-refractivity contribution < 1.29 is 33.6 Å². The van der Waals surface area contributed by atoms with Gasteiger partial charge in [0.2, 0.25) is 5.91 Å². The lowest BCUT2D eigenvalue weighted by atomic mass is 9.97. The van der Waals surface area contributed by atoms with E-state index in [0.717, 1.165) is 11.1 Å². The molecule has 0 bridgehead atoms. The minimum atomic E-state index is -0.940. The molecule has 1 amide bonds. The largest absolute Gasteiger partial charge is 0.493 e. The van der Waals surface area contributed by atoms with Crippen molar-refractivity contribution in [2.75, 3.05) is 28.4 Å². The molecule has 0 saturated carbocycles. The minimum Gasteiger partial charge on any atom is -0.493 e. The number of carbonyl (C=O) groups excluding carboxylic acids is 1. The standard InChI is InChI=1S/C24H28N2O7/c1-30-19-12-11-15(13-21(19)32-3)17-14-18(16-7-5-8-20(31-2)24(16)33-4)26(25-17)22(27)9-6-10-23(28)29/h5,7-8,11-13,18H,6,9-10,14H2,1-4H3,(H,28,29)/t18-/m1/s1. The van der Waals surface area contributed by atoms with Gasteiger partial charge in [0.05, 0.1) is 40.2 Å². The number of carboxylic acid groups (broad SMARTS) is 1. The Balaban J connectivity index is 1.99. The molecule has 9 nitrogen and oxygen atoms in total. The highest BCUT2D eigenvalue weighted by Crippen LogP contribution is 2.42. The second kappa shape index (κ2) is 10.7. The molecule has 3 rings (SSSR count). The summed E-state index contributed by atoms with van der Waals surface area (Å²) in [6.45, 7) is 0. The summed E-state index contributed by atoms with van der Waals surface area (Å²) >= 11 is 0. The van der Waals surface area contributed by atoms with Crippen molar-refractivity contribution in [1.82, 2.24) is 5.01 Å². The molecule has 1 heterocycles. The Kier molecular flexibility index (Phi) is 7.76. The third-order valence-electron chi connectivity index (χ3n) is 5.46. The molecule has 0 radical (unpaired) electrons. The van der Waals surface area contributed by atoms with Gasteiger partial charge in [0.15, 0.2) is 23.0 Å². The summed E-state index contributed by atoms with van der Waals surface area (Å²) in [6, 6.07) is 10.5. The molecule has 0 aromatic heterocycles. The third kappa shape index (κ3) is 5.19. The first-order chi connectivity index (χ1) is 15.9. The van der Waals surface area contributed by atoms with Crippen LogP contribution in [0, 0.1) is 0 Å². The van der Waals surface area contributed by atoms with Crippen LogP contribution < -0.4 is 18.9 Å². The molecule has 1 aliphatic rings. The number of nitrogens with zero attached hydrogens (tertiary/aromatic N) is 2. The van der Waals surface area contributed by atoms with E-state index in [2.05, 4.69) is 5.10 Å². The Morgan fingerprint density at radius 3 is 2.33 bits per heavy atom. The topological polar surface area (TPSA) is 107 Å². The Morgan fingerprint density at radius 2 is 1.70 bits per heavy atom. The lowest BCUT2D eigenvalue weighted by Crippen LogP contribution is -2.27. The van der Waals surface area contributed by atoms with Crippen LogP contribution in [0.4, 0.5) is 0 Å². The average Bonchev–Trinajstić information content (AvgIpc) is 3.28. The second-order valence-corrected chi connectivity index (χ2v) is 7.40. The van der Waals surface area contributed by atoms with E-state index in [1.54, 1.807) is 40.6 Å². The van der Waals surface area contributed by atoms with Gasteiger partial charge in [-0.1, -0.05) is 12.1 Å². The van der Waals surface area contributed by atoms with Crippen LogP contribution in [0.1, 0.15) is 42.9 Å². The molecule has 2 aromatic rings. The maximum absolute atomic E-state index is 13.1. The number of rotatable bonds is 10. The summed E-state index contributed by atoms with van der Waals surface area (Å²) in [4.78, 5) is 24.0. The molecule has 176 valence electrons. The number of hydrazone groups is 1. The van der Waals surface area contributed by atoms with Crippen LogP contribution in [0.25, 0.3) is 0 Å². The van der Waals surface area contributed by atoms with Crippen LogP contribution in [-0.4, -0.2) is 56.1 Å². The van der Waals surface area contributed by atoms with Crippen molar-refractivity contribution in [2.45, 2.75) is 31.7 Å². The Labute approximate surface area is 192 Å². The first kappa shape index (κ1) is 23.9. The zero-order valence-electron chi connectivity index (χ0n) is 19.2. The van der Waals surface area contributed by atoms with Crippen LogP contribution >= 0.6 is 0 Å². The quantitative estimate of drug-likeness (QED) is 0.581. The second-order valence-electron chi connectivity index (χ2n) is 7.40. The fourth-order valence-electron chi connectivity index (χ4n) is 3.85. The molecule has 1 aliphatic heterocycles. The van der Waals surface area contributed by atoms with Crippen LogP contribution in [0.2, 0.25) is 0 Å². The maximum atomic E-state index is 13.1. The summed E-state index contributed by atoms with van der Waals surface area (Å²) in [6.07, 6.45) is 0.647. The van der Waals surface area contributed by atoms with Gasteiger partial charge in [-0.3, -0.25) is 9.59 Å². The van der Waals surface area contributed by atoms with E-state index in [9.17, 15) is 9.59 Å². The van der Waals surface area contributed by atoms with Crippen molar-refractivity contribution in [3.8, 4) is 23.0 Å². The van der Waals surface area contributed by atoms with Crippen LogP contribution in [0.5, 0.6) is 23.0 Å². The fraction of sp³-hybridized carbons (Fsp3) is 0.375. The molecular weight excluding hydrogens is 428 g/mol. The van der Waals surface area contributed by atoms with E-state index in [-0.39, 0.29) is 25.2 Å². The van der Waals surface area contributed by atoms with Gasteiger partial charge in [-0.25, -0.2) is 5.01 Å². The number of hydrogen-bond donors (Lipinski definition) is 1. The predicted molar refractivity (Wildman–Crippen MR) is 121 cm³/mol. The molecular formula is C24H28N2O7. The number of benzene rings is 2. The van der Waals surface area contributed by atoms with E-state index < -0.39 is 12.0 Å². The highest BCUT2D eigenvalue weighted by molar-refractivity contribution is 6.03. The van der Waals surface area contributed by atoms with Gasteiger partial charge in [0, 0.05) is 30.4 Å². The summed E-state index contributed by atoms with van der Waals surface area (Å²) in [5.74, 6) is 1.02. The van der Waals surface area contributed by atoms with Crippen LogP contribution in [-0.2, 0) is 9.59 Å². The van der Waals surface area contributed by atoms with Gasteiger partial charge < -0.3 is 24.1 Å². The molecule has 2 aromatic carbocycles. The number of carbonyl (C=O) groups is 2. The van der Waals surface area contributed by atoms with Crippen LogP contribution in [0.3, 0.4) is 0 Å². The Bertz CT molecular complexity index is 1050. The number of aliphatic carboxylic acids is 1. The number of amides is 1. The van der Waals surface area contributed by atoms with Crippen LogP contribution in [0.15, 0.2) is 41.5 Å². The highest BCUT2D eigenvalue weighted by Gasteiger charge is 2.35. The fourth-order valence-corrected chi connectivity index (χ4v) is 3.85. The van der Waals surface area contributed by atoms with Gasteiger partial charge in [-0.05, 0) is 30.7 Å². The molecule has 0 spiro atoms. The lowest BCUT2D eigenvalue weighted by Gasteiger charge is -2.24. The monoisotopic (exact) mass is 456 g/mol. The number of hydrogen-bond acceptors (Lipinski definition) is 7. The van der Waals surface area contributed by atoms with E-state index in [4.69, 9.17) is 24.1 Å². The van der Waals surface area contributed by atoms with E-state index in [1.807, 2.05) is 24.3 Å². The molecule has 1 N–H and O–H groups in total. The first-order valence-corrected chi connectivity index (χ1v) is 10.5. The molecule has 33 heavy (non-hydrogen) atoms. The molecule has 0 fully saturated rings. The van der Waals surface area contributed by atoms with Crippen molar-refractivity contribution >= 4 is 17.6 Å². The zero-order chi connectivity index (χ0) is 24.0. The molecule has 1 atom stereocenters. The van der Waals surface area contributed by atoms with Crippen molar-refractivity contribution in [3.05, 3.63) is 47.5 Å². The number of ether oxygens (including phenoxy) is 4. The minimum absolute atomic E-state index is 0.0673. The molecule has 0 unspecified atom stereocenters. The number of methoxy groups -OCH3 is 4. The van der Waals surface area contributed by atoms with E-state index in [1.165, 1.54) is 5.01 Å². The summed E-state index contributed by atoms with van der Waals surface area (Å²) in [7, 11) is 6.22. The molecule has 0 aliphatic carbocycles. The number of para-hydroxylation sites is 1. The smallest absolute Gasteiger partial charge is 0.303 e.